The molecule has 2 heterocycles. The number of ether oxygens (including phenoxy) is 3. The largest absolute Gasteiger partial charge is 0.496 e. The van der Waals surface area contributed by atoms with Crippen LogP contribution in [-0.2, 0) is 13.0 Å². The Labute approximate surface area is 205 Å². The summed E-state index contributed by atoms with van der Waals surface area (Å²) < 4.78 is 20.8. The van der Waals surface area contributed by atoms with Gasteiger partial charge in [0.2, 0.25) is 5.13 Å². The highest BCUT2D eigenvalue weighted by Gasteiger charge is 2.23. The molecule has 1 aliphatic rings. The average Bonchev–Trinajstić information content (AvgIpc) is 3.29. The van der Waals surface area contributed by atoms with E-state index in [-0.39, 0.29) is 24.0 Å². The summed E-state index contributed by atoms with van der Waals surface area (Å²) >= 11 is 1.48. The summed E-state index contributed by atoms with van der Waals surface area (Å²) in [4.78, 5) is 13.6. The molecule has 1 aliphatic heterocycles. The zero-order chi connectivity index (χ0) is 21.5. The lowest BCUT2D eigenvalue weighted by Crippen LogP contribution is -2.52. The van der Waals surface area contributed by atoms with E-state index in [0.717, 1.165) is 55.1 Å². The second-order valence-electron chi connectivity index (χ2n) is 6.73. The summed E-state index contributed by atoms with van der Waals surface area (Å²) in [6, 6.07) is 3.71. The lowest BCUT2D eigenvalue weighted by atomic mass is 10.1. The van der Waals surface area contributed by atoms with Crippen molar-refractivity contribution in [3.63, 3.8) is 0 Å². The number of aryl methyl sites for hydroxylation is 1. The van der Waals surface area contributed by atoms with Crippen molar-refractivity contribution < 1.29 is 14.2 Å². The molecule has 31 heavy (non-hydrogen) atoms. The van der Waals surface area contributed by atoms with Gasteiger partial charge in [-0.2, -0.15) is 4.37 Å². The summed E-state index contributed by atoms with van der Waals surface area (Å²) in [5, 5.41) is 4.44. The molecule has 9 nitrogen and oxygen atoms in total. The van der Waals surface area contributed by atoms with Crippen molar-refractivity contribution >= 4 is 46.6 Å². The number of hydrogen-bond acceptors (Lipinski definition) is 8. The number of benzene rings is 1. The SMILES string of the molecule is CCc1nsc(N2CCN(C(=NC)NCc3c(OC)cc(OC)cc3OC)CC2)n1.I. The van der Waals surface area contributed by atoms with Crippen molar-refractivity contribution in [1.29, 1.82) is 0 Å². The van der Waals surface area contributed by atoms with Gasteiger partial charge in [0.05, 0.1) is 33.4 Å². The summed E-state index contributed by atoms with van der Waals surface area (Å²) in [5.74, 6) is 3.87. The van der Waals surface area contributed by atoms with Crippen LogP contribution in [0.3, 0.4) is 0 Å². The molecule has 0 aliphatic carbocycles. The fourth-order valence-corrected chi connectivity index (χ4v) is 4.18. The number of halogens is 1. The Hall–Kier alpha value is -2.02. The maximum atomic E-state index is 5.54. The molecule has 1 aromatic carbocycles. The van der Waals surface area contributed by atoms with Crippen LogP contribution in [0, 0.1) is 0 Å². The number of guanidine groups is 1. The van der Waals surface area contributed by atoms with Crippen LogP contribution in [0.5, 0.6) is 17.2 Å². The van der Waals surface area contributed by atoms with Crippen LogP contribution in [0.4, 0.5) is 5.13 Å². The van der Waals surface area contributed by atoms with Gasteiger partial charge in [0.15, 0.2) is 5.96 Å². The van der Waals surface area contributed by atoms with Gasteiger partial charge in [-0.1, -0.05) is 6.92 Å². The molecule has 11 heteroatoms. The Morgan fingerprint density at radius 1 is 1.10 bits per heavy atom. The number of aromatic nitrogens is 2. The van der Waals surface area contributed by atoms with Gasteiger partial charge in [-0.3, -0.25) is 4.99 Å². The number of aliphatic imine (C=N–C) groups is 1. The van der Waals surface area contributed by atoms with E-state index in [1.54, 1.807) is 28.4 Å². The third-order valence-corrected chi connectivity index (χ3v) is 5.89. The quantitative estimate of drug-likeness (QED) is 0.314. The first-order chi connectivity index (χ1) is 14.6. The van der Waals surface area contributed by atoms with Crippen molar-refractivity contribution in [3.8, 4) is 17.2 Å². The molecule has 1 N–H and O–H groups in total. The zero-order valence-electron chi connectivity index (χ0n) is 18.7. The molecule has 0 saturated carbocycles. The molecule has 0 unspecified atom stereocenters. The van der Waals surface area contributed by atoms with Gasteiger partial charge in [0.1, 0.15) is 23.1 Å². The molecule has 0 amide bonds. The van der Waals surface area contributed by atoms with Crippen LogP contribution in [0.1, 0.15) is 18.3 Å². The topological polar surface area (TPSA) is 84.3 Å². The van der Waals surface area contributed by atoms with Crippen molar-refractivity contribution in [1.82, 2.24) is 19.6 Å². The molecule has 3 rings (SSSR count). The van der Waals surface area contributed by atoms with Crippen LogP contribution in [0.15, 0.2) is 17.1 Å². The minimum atomic E-state index is 0. The first kappa shape index (κ1) is 25.2. The summed E-state index contributed by atoms with van der Waals surface area (Å²) in [6.07, 6.45) is 0.866. The van der Waals surface area contributed by atoms with Crippen LogP contribution in [-0.4, -0.2) is 74.8 Å². The summed E-state index contributed by atoms with van der Waals surface area (Å²) in [7, 11) is 6.71. The number of piperazine rings is 1. The minimum Gasteiger partial charge on any atom is -0.496 e. The van der Waals surface area contributed by atoms with E-state index in [2.05, 4.69) is 36.4 Å². The molecule has 2 aromatic rings. The highest BCUT2D eigenvalue weighted by molar-refractivity contribution is 14.0. The lowest BCUT2D eigenvalue weighted by Gasteiger charge is -2.36. The fraction of sp³-hybridized carbons (Fsp3) is 0.550. The Morgan fingerprint density at radius 3 is 2.23 bits per heavy atom. The van der Waals surface area contributed by atoms with Crippen molar-refractivity contribution in [2.45, 2.75) is 19.9 Å². The Kier molecular flexibility index (Phi) is 9.88. The van der Waals surface area contributed by atoms with Gasteiger partial charge < -0.3 is 29.3 Å². The van der Waals surface area contributed by atoms with Gasteiger partial charge in [-0.05, 0) is 0 Å². The third-order valence-electron chi connectivity index (χ3n) is 5.08. The maximum absolute atomic E-state index is 5.54. The lowest BCUT2D eigenvalue weighted by molar-refractivity contribution is 0.361. The molecule has 0 bridgehead atoms. The summed E-state index contributed by atoms with van der Waals surface area (Å²) in [5.41, 5.74) is 0.918. The summed E-state index contributed by atoms with van der Waals surface area (Å²) in [6.45, 7) is 6.09. The third kappa shape index (κ3) is 6.03. The van der Waals surface area contributed by atoms with Crippen LogP contribution in [0.2, 0.25) is 0 Å². The minimum absolute atomic E-state index is 0. The number of nitrogens with one attached hydrogen (secondary N) is 1. The standard InChI is InChI=1S/C20H30N6O3S.HI/c1-6-18-23-20(30-24-18)26-9-7-25(8-10-26)19(21-2)22-13-15-16(28-4)11-14(27-3)12-17(15)29-5;/h11-12H,6-10,13H2,1-5H3,(H,21,22);1H. The van der Waals surface area contributed by atoms with Gasteiger partial charge in [-0.25, -0.2) is 4.98 Å². The molecular formula is C20H31IN6O3S. The predicted octanol–water partition coefficient (Wildman–Crippen LogP) is 2.64. The Balaban J connectivity index is 0.00000341. The van der Waals surface area contributed by atoms with Gasteiger partial charge in [-0.15, -0.1) is 24.0 Å². The van der Waals surface area contributed by atoms with E-state index in [1.807, 2.05) is 12.1 Å². The van der Waals surface area contributed by atoms with Crippen LogP contribution in [0.25, 0.3) is 0 Å². The first-order valence-corrected chi connectivity index (χ1v) is 10.7. The monoisotopic (exact) mass is 562 g/mol. The number of methoxy groups -OCH3 is 3. The van der Waals surface area contributed by atoms with Crippen LogP contribution >= 0.6 is 35.5 Å². The number of hydrogen-bond donors (Lipinski definition) is 1. The fourth-order valence-electron chi connectivity index (χ4n) is 3.38. The predicted molar refractivity (Wildman–Crippen MR) is 135 cm³/mol. The molecule has 1 fully saturated rings. The number of anilines is 1. The molecule has 0 radical (unpaired) electrons. The van der Waals surface area contributed by atoms with Crippen molar-refractivity contribution in [2.24, 2.45) is 4.99 Å². The van der Waals surface area contributed by atoms with E-state index in [9.17, 15) is 0 Å². The van der Waals surface area contributed by atoms with E-state index in [0.29, 0.717) is 23.8 Å². The number of rotatable bonds is 7. The van der Waals surface area contributed by atoms with E-state index in [1.165, 1.54) is 11.5 Å². The van der Waals surface area contributed by atoms with Crippen molar-refractivity contribution in [3.05, 3.63) is 23.5 Å². The number of nitrogens with zero attached hydrogens (tertiary/aromatic N) is 5. The van der Waals surface area contributed by atoms with Crippen molar-refractivity contribution in [2.75, 3.05) is 59.5 Å². The van der Waals surface area contributed by atoms with E-state index < -0.39 is 0 Å². The Morgan fingerprint density at radius 2 is 1.74 bits per heavy atom. The Bertz CT molecular complexity index is 845. The molecule has 0 spiro atoms. The second kappa shape index (κ2) is 12.1. The molecule has 0 atom stereocenters. The normalized spacial score (nSPS) is 14.2. The average molecular weight is 562 g/mol. The molecular weight excluding hydrogens is 531 g/mol. The van der Waals surface area contributed by atoms with Gasteiger partial charge >= 0.3 is 0 Å². The highest BCUT2D eigenvalue weighted by atomic mass is 127. The maximum Gasteiger partial charge on any atom is 0.205 e. The zero-order valence-corrected chi connectivity index (χ0v) is 21.8. The molecule has 1 saturated heterocycles. The van der Waals surface area contributed by atoms with E-state index in [4.69, 9.17) is 14.2 Å². The molecule has 172 valence electrons. The van der Waals surface area contributed by atoms with E-state index >= 15 is 0 Å². The highest BCUT2D eigenvalue weighted by Crippen LogP contribution is 2.34. The van der Waals surface area contributed by atoms with Crippen LogP contribution < -0.4 is 24.4 Å². The first-order valence-electron chi connectivity index (χ1n) is 9.95. The molecule has 1 aromatic heterocycles. The van der Waals surface area contributed by atoms with Gasteiger partial charge in [0, 0.05) is 63.3 Å². The second-order valence-corrected chi connectivity index (χ2v) is 7.46. The smallest absolute Gasteiger partial charge is 0.205 e. The van der Waals surface area contributed by atoms with Gasteiger partial charge in [0.25, 0.3) is 0 Å².